The number of aliphatic hydroxyl groups is 1. The van der Waals surface area contributed by atoms with E-state index in [0.717, 1.165) is 37.1 Å². The number of nitriles is 1. The predicted octanol–water partition coefficient (Wildman–Crippen LogP) is 2.14. The van der Waals surface area contributed by atoms with E-state index in [0.29, 0.717) is 11.4 Å². The fraction of sp³-hybridized carbons (Fsp3) is 0.571. The Morgan fingerprint density at radius 3 is 2.78 bits per heavy atom. The van der Waals surface area contributed by atoms with Gasteiger partial charge in [0, 0.05) is 18.8 Å². The highest BCUT2D eigenvalue weighted by molar-refractivity contribution is 5.56. The Bertz CT molecular complexity index is 487. The molecule has 0 unspecified atom stereocenters. The van der Waals surface area contributed by atoms with Crippen LogP contribution in [0.25, 0.3) is 0 Å². The van der Waals surface area contributed by atoms with Gasteiger partial charge < -0.3 is 10.4 Å². The number of hydrogen-bond acceptors (Lipinski definition) is 4. The van der Waals surface area contributed by atoms with E-state index >= 15 is 0 Å². The summed E-state index contributed by atoms with van der Waals surface area (Å²) < 4.78 is 0. The van der Waals surface area contributed by atoms with E-state index in [1.807, 2.05) is 19.9 Å². The molecule has 0 aromatic carbocycles. The molecule has 1 aromatic rings. The van der Waals surface area contributed by atoms with Crippen LogP contribution in [-0.4, -0.2) is 23.2 Å². The summed E-state index contributed by atoms with van der Waals surface area (Å²) in [5, 5.41) is 21.5. The molecule has 96 valence electrons. The third kappa shape index (κ3) is 2.62. The highest BCUT2D eigenvalue weighted by Crippen LogP contribution is 2.48. The average molecular weight is 245 g/mol. The molecule has 1 heterocycles. The first-order valence-electron chi connectivity index (χ1n) is 6.33. The Balaban J connectivity index is 2.12. The molecule has 0 radical (unpaired) electrons. The summed E-state index contributed by atoms with van der Waals surface area (Å²) in [5.41, 5.74) is 2.72. The molecule has 1 aliphatic rings. The van der Waals surface area contributed by atoms with Crippen molar-refractivity contribution < 1.29 is 5.11 Å². The molecular formula is C14H19N3O. The lowest BCUT2D eigenvalue weighted by atomic mass is 10.0. The molecule has 4 nitrogen and oxygen atoms in total. The average Bonchev–Trinajstić information content (AvgIpc) is 3.07. The van der Waals surface area contributed by atoms with Crippen LogP contribution in [0.1, 0.15) is 36.1 Å². The normalized spacial score (nSPS) is 16.1. The first kappa shape index (κ1) is 12.8. The fourth-order valence-corrected chi connectivity index (χ4v) is 2.31. The van der Waals surface area contributed by atoms with Crippen LogP contribution in [0.3, 0.4) is 0 Å². The van der Waals surface area contributed by atoms with Crippen molar-refractivity contribution in [2.45, 2.75) is 33.1 Å². The Hall–Kier alpha value is -1.60. The maximum Gasteiger partial charge on any atom is 0.144 e. The largest absolute Gasteiger partial charge is 0.396 e. The van der Waals surface area contributed by atoms with Crippen LogP contribution in [0.4, 0.5) is 5.82 Å². The maximum absolute atomic E-state index is 9.17. The van der Waals surface area contributed by atoms with Crippen molar-refractivity contribution in [3.8, 4) is 6.07 Å². The summed E-state index contributed by atoms with van der Waals surface area (Å²) in [6, 6.07) is 4.13. The second kappa shape index (κ2) is 4.95. The van der Waals surface area contributed by atoms with E-state index in [2.05, 4.69) is 16.4 Å². The van der Waals surface area contributed by atoms with Gasteiger partial charge in [-0.25, -0.2) is 4.98 Å². The molecular weight excluding hydrogens is 226 g/mol. The van der Waals surface area contributed by atoms with Crippen molar-refractivity contribution in [3.05, 3.63) is 22.9 Å². The van der Waals surface area contributed by atoms with Gasteiger partial charge in [-0.3, -0.25) is 0 Å². The summed E-state index contributed by atoms with van der Waals surface area (Å²) in [7, 11) is 0. The number of nitrogens with one attached hydrogen (secondary N) is 1. The molecule has 1 aromatic heterocycles. The smallest absolute Gasteiger partial charge is 0.144 e. The summed E-state index contributed by atoms with van der Waals surface area (Å²) in [4.78, 5) is 4.40. The van der Waals surface area contributed by atoms with Crippen molar-refractivity contribution in [1.29, 1.82) is 5.26 Å². The lowest BCUT2D eigenvalue weighted by Gasteiger charge is -2.16. The van der Waals surface area contributed by atoms with Crippen LogP contribution in [0.2, 0.25) is 0 Å². The van der Waals surface area contributed by atoms with Crippen molar-refractivity contribution in [2.75, 3.05) is 18.5 Å². The van der Waals surface area contributed by atoms with Gasteiger partial charge >= 0.3 is 0 Å². The molecule has 2 N–H and O–H groups in total. The Morgan fingerprint density at radius 1 is 1.50 bits per heavy atom. The number of aryl methyl sites for hydroxylation is 2. The SMILES string of the molecule is Cc1cc(C)c(C#N)c(NCC2(CCO)CC2)n1. The number of aliphatic hydroxyl groups excluding tert-OH is 1. The van der Waals surface area contributed by atoms with E-state index in [4.69, 9.17) is 10.4 Å². The first-order chi connectivity index (χ1) is 8.60. The monoisotopic (exact) mass is 245 g/mol. The number of anilines is 1. The van der Waals surface area contributed by atoms with E-state index in [9.17, 15) is 0 Å². The van der Waals surface area contributed by atoms with Gasteiger partial charge in [-0.1, -0.05) is 0 Å². The number of rotatable bonds is 5. The molecule has 1 fully saturated rings. The molecule has 18 heavy (non-hydrogen) atoms. The summed E-state index contributed by atoms with van der Waals surface area (Å²) in [5.74, 6) is 0.680. The van der Waals surface area contributed by atoms with Crippen LogP contribution in [0.5, 0.6) is 0 Å². The predicted molar refractivity (Wildman–Crippen MR) is 70.3 cm³/mol. The van der Waals surface area contributed by atoms with Gasteiger partial charge in [-0.05, 0) is 50.2 Å². The summed E-state index contributed by atoms with van der Waals surface area (Å²) in [6.07, 6.45) is 3.12. The Labute approximate surface area is 108 Å². The lowest BCUT2D eigenvalue weighted by Crippen LogP contribution is -2.18. The zero-order valence-electron chi connectivity index (χ0n) is 11.0. The van der Waals surface area contributed by atoms with Gasteiger partial charge in [0.25, 0.3) is 0 Å². The second-order valence-corrected chi connectivity index (χ2v) is 5.24. The molecule has 4 heteroatoms. The number of nitrogens with zero attached hydrogens (tertiary/aromatic N) is 2. The standard InChI is InChI=1S/C14H19N3O/c1-10-7-11(2)17-13(12(10)8-15)16-9-14(3-4-14)5-6-18/h7,18H,3-6,9H2,1-2H3,(H,16,17). The fourth-order valence-electron chi connectivity index (χ4n) is 2.31. The Kier molecular flexibility index (Phi) is 3.53. The number of hydrogen-bond donors (Lipinski definition) is 2. The molecule has 2 rings (SSSR count). The topological polar surface area (TPSA) is 68.9 Å². The van der Waals surface area contributed by atoms with E-state index in [1.54, 1.807) is 0 Å². The van der Waals surface area contributed by atoms with Gasteiger partial charge in [0.15, 0.2) is 0 Å². The molecule has 0 bridgehead atoms. The highest BCUT2D eigenvalue weighted by atomic mass is 16.3. The summed E-state index contributed by atoms with van der Waals surface area (Å²) in [6.45, 7) is 4.88. The zero-order chi connectivity index (χ0) is 13.2. The van der Waals surface area contributed by atoms with Gasteiger partial charge in [0.1, 0.15) is 11.9 Å². The summed E-state index contributed by atoms with van der Waals surface area (Å²) >= 11 is 0. The van der Waals surface area contributed by atoms with Crippen molar-refractivity contribution in [1.82, 2.24) is 4.98 Å². The van der Waals surface area contributed by atoms with Crippen LogP contribution in [0.15, 0.2) is 6.07 Å². The van der Waals surface area contributed by atoms with E-state index in [1.165, 1.54) is 0 Å². The van der Waals surface area contributed by atoms with Gasteiger partial charge in [-0.2, -0.15) is 5.26 Å². The third-order valence-corrected chi connectivity index (χ3v) is 3.69. The highest BCUT2D eigenvalue weighted by Gasteiger charge is 2.41. The molecule has 0 spiro atoms. The molecule has 1 aliphatic carbocycles. The molecule has 0 saturated heterocycles. The van der Waals surface area contributed by atoms with Crippen LogP contribution >= 0.6 is 0 Å². The zero-order valence-corrected chi connectivity index (χ0v) is 11.0. The quantitative estimate of drug-likeness (QED) is 0.834. The number of pyridine rings is 1. The minimum Gasteiger partial charge on any atom is -0.396 e. The van der Waals surface area contributed by atoms with Gasteiger partial charge in [-0.15, -0.1) is 0 Å². The lowest BCUT2D eigenvalue weighted by molar-refractivity contribution is 0.253. The maximum atomic E-state index is 9.17. The van der Waals surface area contributed by atoms with Crippen LogP contribution in [-0.2, 0) is 0 Å². The third-order valence-electron chi connectivity index (χ3n) is 3.69. The Morgan fingerprint density at radius 2 is 2.22 bits per heavy atom. The van der Waals surface area contributed by atoms with E-state index in [-0.39, 0.29) is 12.0 Å². The number of aromatic nitrogens is 1. The first-order valence-corrected chi connectivity index (χ1v) is 6.33. The molecule has 0 atom stereocenters. The van der Waals surface area contributed by atoms with Crippen molar-refractivity contribution in [3.63, 3.8) is 0 Å². The molecule has 0 aliphatic heterocycles. The van der Waals surface area contributed by atoms with Gasteiger partial charge in [0.2, 0.25) is 0 Å². The minimum atomic E-state index is 0.223. The minimum absolute atomic E-state index is 0.223. The van der Waals surface area contributed by atoms with Crippen molar-refractivity contribution in [2.24, 2.45) is 5.41 Å². The van der Waals surface area contributed by atoms with Crippen LogP contribution < -0.4 is 5.32 Å². The van der Waals surface area contributed by atoms with Crippen LogP contribution in [0, 0.1) is 30.6 Å². The molecule has 0 amide bonds. The van der Waals surface area contributed by atoms with E-state index < -0.39 is 0 Å². The molecule has 1 saturated carbocycles. The van der Waals surface area contributed by atoms with Gasteiger partial charge in [0.05, 0.1) is 5.56 Å². The second-order valence-electron chi connectivity index (χ2n) is 5.24. The van der Waals surface area contributed by atoms with Crippen molar-refractivity contribution >= 4 is 5.82 Å².